The first-order valence-corrected chi connectivity index (χ1v) is 6.52. The van der Waals surface area contributed by atoms with Crippen molar-refractivity contribution in [2.45, 2.75) is 6.42 Å². The van der Waals surface area contributed by atoms with Crippen LogP contribution in [0.4, 0.5) is 5.69 Å². The van der Waals surface area contributed by atoms with E-state index in [2.05, 4.69) is 5.32 Å². The van der Waals surface area contributed by atoms with Crippen LogP contribution in [0, 0.1) is 10.1 Å². The topological polar surface area (TPSA) is 84.7 Å². The van der Waals surface area contributed by atoms with Crippen LogP contribution in [0.25, 0.3) is 0 Å². The third-order valence-electron chi connectivity index (χ3n) is 3.10. The van der Waals surface area contributed by atoms with E-state index in [9.17, 15) is 14.9 Å². The lowest BCUT2D eigenvalue weighted by Crippen LogP contribution is -2.37. The highest BCUT2D eigenvalue weighted by Gasteiger charge is 2.15. The fourth-order valence-corrected chi connectivity index (χ4v) is 2.00. The Labute approximate surface area is 116 Å². The van der Waals surface area contributed by atoms with Gasteiger partial charge in [0.25, 0.3) is 11.6 Å². The van der Waals surface area contributed by atoms with Crippen LogP contribution >= 0.6 is 0 Å². The summed E-state index contributed by atoms with van der Waals surface area (Å²) in [5.74, 6) is 0.393. The maximum absolute atomic E-state index is 12.0. The number of carbonyl (C=O) groups excluding carboxylic acids is 1. The van der Waals surface area contributed by atoms with Crippen molar-refractivity contribution >= 4 is 11.6 Å². The summed E-state index contributed by atoms with van der Waals surface area (Å²) in [4.78, 5) is 23.8. The normalized spacial score (nSPS) is 15.5. The zero-order valence-corrected chi connectivity index (χ0v) is 11.1. The average Bonchev–Trinajstić information content (AvgIpc) is 2.74. The van der Waals surface area contributed by atoms with E-state index < -0.39 is 4.92 Å². The smallest absolute Gasteiger partial charge is 0.269 e. The molecule has 108 valence electrons. The Morgan fingerprint density at radius 3 is 2.75 bits per heavy atom. The molecule has 1 aromatic rings. The number of nitro benzene ring substituents is 1. The van der Waals surface area contributed by atoms with Gasteiger partial charge in [-0.15, -0.1) is 0 Å². The second kappa shape index (κ2) is 6.85. The van der Waals surface area contributed by atoms with Gasteiger partial charge >= 0.3 is 0 Å². The summed E-state index contributed by atoms with van der Waals surface area (Å²) in [7, 11) is 0. The molecule has 7 heteroatoms. The van der Waals surface area contributed by atoms with Gasteiger partial charge in [-0.05, 0) is 25.1 Å². The third-order valence-corrected chi connectivity index (χ3v) is 3.10. The Morgan fingerprint density at radius 2 is 2.05 bits per heavy atom. The molecule has 1 amide bonds. The molecule has 1 aliphatic heterocycles. The van der Waals surface area contributed by atoms with Crippen LogP contribution in [0.15, 0.2) is 24.3 Å². The van der Waals surface area contributed by atoms with Crippen molar-refractivity contribution in [2.24, 2.45) is 0 Å². The van der Waals surface area contributed by atoms with Crippen molar-refractivity contribution in [3.8, 4) is 5.75 Å². The van der Waals surface area contributed by atoms with Gasteiger partial charge < -0.3 is 15.0 Å². The molecule has 1 fully saturated rings. The Balaban J connectivity index is 1.84. The van der Waals surface area contributed by atoms with Crippen LogP contribution in [0.2, 0.25) is 0 Å². The monoisotopic (exact) mass is 279 g/mol. The lowest BCUT2D eigenvalue weighted by atomic mass is 10.3. The largest absolute Gasteiger partial charge is 0.484 e. The van der Waals surface area contributed by atoms with Gasteiger partial charge in [-0.3, -0.25) is 14.9 Å². The molecule has 0 atom stereocenters. The first-order chi connectivity index (χ1) is 9.66. The van der Waals surface area contributed by atoms with Crippen LogP contribution in [0.1, 0.15) is 6.42 Å². The van der Waals surface area contributed by atoms with Crippen molar-refractivity contribution in [3.63, 3.8) is 0 Å². The molecule has 1 saturated heterocycles. The molecule has 0 aliphatic carbocycles. The van der Waals surface area contributed by atoms with Crippen LogP contribution in [-0.4, -0.2) is 48.5 Å². The predicted octanol–water partition coefficient (Wildman–Crippen LogP) is 0.795. The second-order valence-corrected chi connectivity index (χ2v) is 4.52. The van der Waals surface area contributed by atoms with E-state index in [0.29, 0.717) is 12.3 Å². The number of hydrogen-bond donors (Lipinski definition) is 1. The molecule has 0 spiro atoms. The minimum Gasteiger partial charge on any atom is -0.484 e. The molecule has 1 heterocycles. The number of rotatable bonds is 4. The molecule has 1 N–H and O–H groups in total. The second-order valence-electron chi connectivity index (χ2n) is 4.52. The SMILES string of the molecule is O=C(COc1ccc([N+](=O)[O-])cc1)N1CCCNCC1. The van der Waals surface area contributed by atoms with Gasteiger partial charge in [0.1, 0.15) is 5.75 Å². The number of carbonyl (C=O) groups is 1. The van der Waals surface area contributed by atoms with Gasteiger partial charge in [0, 0.05) is 31.8 Å². The van der Waals surface area contributed by atoms with E-state index in [4.69, 9.17) is 4.74 Å². The van der Waals surface area contributed by atoms with E-state index in [-0.39, 0.29) is 18.2 Å². The van der Waals surface area contributed by atoms with Gasteiger partial charge in [0.15, 0.2) is 6.61 Å². The fourth-order valence-electron chi connectivity index (χ4n) is 2.00. The molecule has 0 radical (unpaired) electrons. The molecule has 0 bridgehead atoms. The molecule has 0 saturated carbocycles. The third kappa shape index (κ3) is 3.92. The predicted molar refractivity (Wildman–Crippen MR) is 72.7 cm³/mol. The Morgan fingerprint density at radius 1 is 1.30 bits per heavy atom. The van der Waals surface area contributed by atoms with Gasteiger partial charge in [-0.2, -0.15) is 0 Å². The number of ether oxygens (including phenoxy) is 1. The highest BCUT2D eigenvalue weighted by Crippen LogP contribution is 2.17. The Hall–Kier alpha value is -2.15. The van der Waals surface area contributed by atoms with Gasteiger partial charge in [-0.25, -0.2) is 0 Å². The quantitative estimate of drug-likeness (QED) is 0.651. The summed E-state index contributed by atoms with van der Waals surface area (Å²) < 4.78 is 5.36. The van der Waals surface area contributed by atoms with Crippen molar-refractivity contribution in [3.05, 3.63) is 34.4 Å². The Kier molecular flexibility index (Phi) is 4.89. The number of nitrogens with zero attached hydrogens (tertiary/aromatic N) is 2. The first-order valence-electron chi connectivity index (χ1n) is 6.52. The van der Waals surface area contributed by atoms with Gasteiger partial charge in [-0.1, -0.05) is 0 Å². The standard InChI is InChI=1S/C13H17N3O4/c17-13(15-8-1-6-14-7-9-15)10-20-12-4-2-11(3-5-12)16(18)19/h2-5,14H,1,6-10H2. The zero-order valence-electron chi connectivity index (χ0n) is 11.1. The summed E-state index contributed by atoms with van der Waals surface area (Å²) in [5, 5.41) is 13.7. The minimum absolute atomic E-state index is 0.00210. The number of nitro groups is 1. The molecule has 0 unspecified atom stereocenters. The molecule has 1 aliphatic rings. The summed E-state index contributed by atoms with van der Waals surface area (Å²) in [6.07, 6.45) is 0.934. The van der Waals surface area contributed by atoms with Crippen molar-refractivity contribution in [2.75, 3.05) is 32.8 Å². The molecule has 7 nitrogen and oxygen atoms in total. The Bertz CT molecular complexity index is 467. The van der Waals surface area contributed by atoms with Crippen LogP contribution in [0.3, 0.4) is 0 Å². The van der Waals surface area contributed by atoms with Gasteiger partial charge in [0.05, 0.1) is 4.92 Å². The van der Waals surface area contributed by atoms with Gasteiger partial charge in [0.2, 0.25) is 0 Å². The lowest BCUT2D eigenvalue weighted by molar-refractivity contribution is -0.384. The first kappa shape index (κ1) is 14.3. The highest BCUT2D eigenvalue weighted by molar-refractivity contribution is 5.77. The number of nitrogens with one attached hydrogen (secondary N) is 1. The molecular formula is C13H17N3O4. The van der Waals surface area contributed by atoms with Crippen molar-refractivity contribution < 1.29 is 14.5 Å². The lowest BCUT2D eigenvalue weighted by Gasteiger charge is -2.19. The van der Waals surface area contributed by atoms with E-state index in [1.54, 1.807) is 4.90 Å². The molecular weight excluding hydrogens is 262 g/mol. The molecule has 0 aromatic heterocycles. The average molecular weight is 279 g/mol. The highest BCUT2D eigenvalue weighted by atomic mass is 16.6. The maximum Gasteiger partial charge on any atom is 0.269 e. The minimum atomic E-state index is -0.473. The van der Waals surface area contributed by atoms with E-state index in [1.165, 1.54) is 24.3 Å². The summed E-state index contributed by atoms with van der Waals surface area (Å²) >= 11 is 0. The number of hydrogen-bond acceptors (Lipinski definition) is 5. The number of non-ortho nitro benzene ring substituents is 1. The van der Waals surface area contributed by atoms with E-state index in [1.807, 2.05) is 0 Å². The summed E-state index contributed by atoms with van der Waals surface area (Å²) in [6.45, 7) is 3.09. The van der Waals surface area contributed by atoms with Crippen molar-refractivity contribution in [1.29, 1.82) is 0 Å². The van der Waals surface area contributed by atoms with Crippen molar-refractivity contribution in [1.82, 2.24) is 10.2 Å². The van der Waals surface area contributed by atoms with E-state index in [0.717, 1.165) is 26.1 Å². The maximum atomic E-state index is 12.0. The fraction of sp³-hybridized carbons (Fsp3) is 0.462. The van der Waals surface area contributed by atoms with E-state index >= 15 is 0 Å². The number of amides is 1. The molecule has 1 aromatic carbocycles. The summed E-state index contributed by atoms with van der Waals surface area (Å²) in [5.41, 5.74) is 0.00210. The number of benzene rings is 1. The zero-order chi connectivity index (χ0) is 14.4. The van der Waals surface area contributed by atoms with Crippen LogP contribution < -0.4 is 10.1 Å². The van der Waals surface area contributed by atoms with Crippen LogP contribution in [0.5, 0.6) is 5.75 Å². The van der Waals surface area contributed by atoms with Crippen LogP contribution in [-0.2, 0) is 4.79 Å². The summed E-state index contributed by atoms with van der Waals surface area (Å²) in [6, 6.07) is 5.70. The molecule has 20 heavy (non-hydrogen) atoms. The molecule has 2 rings (SSSR count).